The van der Waals surface area contributed by atoms with E-state index in [4.69, 9.17) is 4.74 Å². The Balaban J connectivity index is 1.97. The summed E-state index contributed by atoms with van der Waals surface area (Å²) in [6.45, 7) is 1.33. The number of aliphatic carboxylic acids is 1. The Hall–Kier alpha value is -1.69. The van der Waals surface area contributed by atoms with Crippen LogP contribution >= 0.6 is 0 Å². The standard InChI is InChI=1S/C14H17F2NO3/c15-10-2-1-3-11(12(10)16)20-9-6-14(13(18)19)4-7-17-8-5-14/h1-3,17H,4-9H2,(H,18,19). The van der Waals surface area contributed by atoms with Gasteiger partial charge in [-0.2, -0.15) is 4.39 Å². The van der Waals surface area contributed by atoms with Crippen molar-refractivity contribution in [2.24, 2.45) is 5.41 Å². The van der Waals surface area contributed by atoms with Gasteiger partial charge in [-0.3, -0.25) is 4.79 Å². The summed E-state index contributed by atoms with van der Waals surface area (Å²) in [6, 6.07) is 3.69. The average molecular weight is 285 g/mol. The molecule has 1 heterocycles. The molecule has 0 amide bonds. The fraction of sp³-hybridized carbons (Fsp3) is 0.500. The molecule has 2 rings (SSSR count). The summed E-state index contributed by atoms with van der Waals surface area (Å²) in [5.41, 5.74) is -0.838. The highest BCUT2D eigenvalue weighted by atomic mass is 19.2. The number of rotatable bonds is 5. The van der Waals surface area contributed by atoms with Gasteiger partial charge in [-0.1, -0.05) is 6.07 Å². The third-order valence-electron chi connectivity index (χ3n) is 3.77. The molecule has 0 atom stereocenters. The van der Waals surface area contributed by atoms with Crippen LogP contribution in [0.25, 0.3) is 0 Å². The molecule has 1 aromatic rings. The average Bonchev–Trinajstić information content (AvgIpc) is 2.44. The number of carbonyl (C=O) groups is 1. The van der Waals surface area contributed by atoms with Crippen molar-refractivity contribution in [3.8, 4) is 5.75 Å². The first-order valence-corrected chi connectivity index (χ1v) is 6.56. The van der Waals surface area contributed by atoms with Crippen molar-refractivity contribution in [1.82, 2.24) is 5.32 Å². The fourth-order valence-corrected chi connectivity index (χ4v) is 2.43. The second-order valence-corrected chi connectivity index (χ2v) is 4.99. The molecule has 6 heteroatoms. The number of carboxylic acids is 1. The van der Waals surface area contributed by atoms with E-state index in [2.05, 4.69) is 5.32 Å². The van der Waals surface area contributed by atoms with Crippen molar-refractivity contribution in [2.45, 2.75) is 19.3 Å². The van der Waals surface area contributed by atoms with Crippen molar-refractivity contribution in [3.05, 3.63) is 29.8 Å². The topological polar surface area (TPSA) is 58.6 Å². The van der Waals surface area contributed by atoms with Gasteiger partial charge in [0.1, 0.15) is 0 Å². The monoisotopic (exact) mass is 285 g/mol. The third-order valence-corrected chi connectivity index (χ3v) is 3.77. The molecular formula is C14H17F2NO3. The molecule has 2 N–H and O–H groups in total. The molecule has 1 fully saturated rings. The van der Waals surface area contributed by atoms with Gasteiger partial charge in [-0.25, -0.2) is 4.39 Å². The maximum atomic E-state index is 13.4. The zero-order valence-corrected chi connectivity index (χ0v) is 11.0. The first kappa shape index (κ1) is 14.7. The summed E-state index contributed by atoms with van der Waals surface area (Å²) >= 11 is 0. The summed E-state index contributed by atoms with van der Waals surface area (Å²) in [5.74, 6) is -3.05. The molecule has 0 bridgehead atoms. The van der Waals surface area contributed by atoms with Crippen molar-refractivity contribution < 1.29 is 23.4 Å². The Morgan fingerprint density at radius 1 is 1.35 bits per heavy atom. The van der Waals surface area contributed by atoms with Crippen molar-refractivity contribution in [3.63, 3.8) is 0 Å². The minimum absolute atomic E-state index is 0.0483. The molecule has 0 unspecified atom stereocenters. The molecule has 4 nitrogen and oxygen atoms in total. The zero-order chi connectivity index (χ0) is 14.6. The predicted octanol–water partition coefficient (Wildman–Crippen LogP) is 2.19. The number of piperidine rings is 1. The van der Waals surface area contributed by atoms with Crippen LogP contribution < -0.4 is 10.1 Å². The van der Waals surface area contributed by atoms with Crippen LogP contribution in [0.5, 0.6) is 5.75 Å². The van der Waals surface area contributed by atoms with Crippen LogP contribution in [0.4, 0.5) is 8.78 Å². The number of halogens is 2. The highest BCUT2D eigenvalue weighted by molar-refractivity contribution is 5.74. The van der Waals surface area contributed by atoms with E-state index in [-0.39, 0.29) is 18.8 Å². The largest absolute Gasteiger partial charge is 0.490 e. The van der Waals surface area contributed by atoms with Crippen LogP contribution in [0.15, 0.2) is 18.2 Å². The lowest BCUT2D eigenvalue weighted by Crippen LogP contribution is -2.43. The molecule has 0 saturated carbocycles. The summed E-state index contributed by atoms with van der Waals surface area (Å²) < 4.78 is 31.6. The molecule has 0 aliphatic carbocycles. The Labute approximate surface area is 115 Å². The predicted molar refractivity (Wildman–Crippen MR) is 68.6 cm³/mol. The van der Waals surface area contributed by atoms with Crippen molar-refractivity contribution >= 4 is 5.97 Å². The van der Waals surface area contributed by atoms with Crippen molar-refractivity contribution in [1.29, 1.82) is 0 Å². The summed E-state index contributed by atoms with van der Waals surface area (Å²) in [4.78, 5) is 11.4. The van der Waals surface area contributed by atoms with Gasteiger partial charge in [0.25, 0.3) is 0 Å². The first-order chi connectivity index (χ1) is 9.55. The van der Waals surface area contributed by atoms with E-state index in [1.165, 1.54) is 12.1 Å². The fourth-order valence-electron chi connectivity index (χ4n) is 2.43. The molecule has 0 spiro atoms. The van der Waals surface area contributed by atoms with Gasteiger partial charge in [0, 0.05) is 0 Å². The second-order valence-electron chi connectivity index (χ2n) is 4.99. The highest BCUT2D eigenvalue weighted by Crippen LogP contribution is 2.33. The van der Waals surface area contributed by atoms with E-state index in [1.54, 1.807) is 0 Å². The number of carboxylic acid groups (broad SMARTS) is 1. The van der Waals surface area contributed by atoms with E-state index in [0.717, 1.165) is 6.07 Å². The first-order valence-electron chi connectivity index (χ1n) is 6.56. The van der Waals surface area contributed by atoms with E-state index >= 15 is 0 Å². The van der Waals surface area contributed by atoms with E-state index in [1.807, 2.05) is 0 Å². The van der Waals surface area contributed by atoms with Gasteiger partial charge in [-0.05, 0) is 44.5 Å². The lowest BCUT2D eigenvalue weighted by atomic mass is 9.76. The van der Waals surface area contributed by atoms with Crippen LogP contribution in [0, 0.1) is 17.0 Å². The van der Waals surface area contributed by atoms with E-state index in [9.17, 15) is 18.7 Å². The van der Waals surface area contributed by atoms with Crippen LogP contribution in [-0.2, 0) is 4.79 Å². The van der Waals surface area contributed by atoms with Crippen LogP contribution in [0.3, 0.4) is 0 Å². The van der Waals surface area contributed by atoms with Crippen LogP contribution in [-0.4, -0.2) is 30.8 Å². The highest BCUT2D eigenvalue weighted by Gasteiger charge is 2.39. The molecule has 110 valence electrons. The SMILES string of the molecule is O=C(O)C1(CCOc2cccc(F)c2F)CCNCC1. The lowest BCUT2D eigenvalue weighted by molar-refractivity contribution is -0.151. The number of hydrogen-bond acceptors (Lipinski definition) is 3. The van der Waals surface area contributed by atoms with Gasteiger partial charge in [0.15, 0.2) is 11.6 Å². The smallest absolute Gasteiger partial charge is 0.309 e. The van der Waals surface area contributed by atoms with Gasteiger partial charge < -0.3 is 15.2 Å². The molecule has 1 saturated heterocycles. The van der Waals surface area contributed by atoms with E-state index < -0.39 is 23.0 Å². The lowest BCUT2D eigenvalue weighted by Gasteiger charge is -2.33. The maximum absolute atomic E-state index is 13.4. The van der Waals surface area contributed by atoms with Crippen LogP contribution in [0.2, 0.25) is 0 Å². The molecular weight excluding hydrogens is 268 g/mol. The number of nitrogens with one attached hydrogen (secondary N) is 1. The number of benzene rings is 1. The molecule has 0 aromatic heterocycles. The zero-order valence-electron chi connectivity index (χ0n) is 11.0. The van der Waals surface area contributed by atoms with Gasteiger partial charge in [-0.15, -0.1) is 0 Å². The quantitative estimate of drug-likeness (QED) is 0.870. The van der Waals surface area contributed by atoms with E-state index in [0.29, 0.717) is 25.9 Å². The van der Waals surface area contributed by atoms with Crippen molar-refractivity contribution in [2.75, 3.05) is 19.7 Å². The summed E-state index contributed by atoms with van der Waals surface area (Å²) in [6.07, 6.45) is 1.30. The van der Waals surface area contributed by atoms with Gasteiger partial charge in [0.05, 0.1) is 12.0 Å². The van der Waals surface area contributed by atoms with Gasteiger partial charge >= 0.3 is 5.97 Å². The molecule has 1 aromatic carbocycles. The number of hydrogen-bond donors (Lipinski definition) is 2. The third kappa shape index (κ3) is 3.07. The summed E-state index contributed by atoms with van der Waals surface area (Å²) in [5, 5.41) is 12.5. The molecule has 20 heavy (non-hydrogen) atoms. The van der Waals surface area contributed by atoms with Crippen LogP contribution in [0.1, 0.15) is 19.3 Å². The Morgan fingerprint density at radius 2 is 2.05 bits per heavy atom. The normalized spacial score (nSPS) is 17.7. The Bertz CT molecular complexity index is 487. The van der Waals surface area contributed by atoms with Gasteiger partial charge in [0.2, 0.25) is 5.82 Å². The summed E-state index contributed by atoms with van der Waals surface area (Å²) in [7, 11) is 0. The minimum atomic E-state index is -1.04. The Kier molecular flexibility index (Phi) is 4.54. The maximum Gasteiger partial charge on any atom is 0.309 e. The Morgan fingerprint density at radius 3 is 2.70 bits per heavy atom. The molecule has 1 aliphatic rings. The molecule has 0 radical (unpaired) electrons. The second kappa shape index (κ2) is 6.17. The molecule has 1 aliphatic heterocycles. The number of ether oxygens (including phenoxy) is 1. The minimum Gasteiger partial charge on any atom is -0.490 e.